The van der Waals surface area contributed by atoms with Gasteiger partial charge in [0.2, 0.25) is 0 Å². The first kappa shape index (κ1) is 16.1. The van der Waals surface area contributed by atoms with E-state index in [0.717, 1.165) is 27.9 Å². The molecule has 0 aliphatic carbocycles. The van der Waals surface area contributed by atoms with Crippen LogP contribution < -0.4 is 10.1 Å². The Hall–Kier alpha value is -2.75. The van der Waals surface area contributed by atoms with Crippen LogP contribution in [0.4, 0.5) is 5.69 Å². The van der Waals surface area contributed by atoms with Gasteiger partial charge in [-0.1, -0.05) is 39.0 Å². The number of nitrogens with one attached hydrogen (secondary N) is 2. The van der Waals surface area contributed by atoms with Crippen LogP contribution in [0.2, 0.25) is 0 Å². The standard InChI is InChI=1S/C20H22N2O2/c1-20(2,3)15-7-5-6-8-17(15)22-19(23)18-12-13-11-14(24-4)9-10-16(13)21-18/h5-12,21H,1-4H3,(H,22,23). The first-order chi connectivity index (χ1) is 11.4. The van der Waals surface area contributed by atoms with Gasteiger partial charge in [0.25, 0.3) is 5.91 Å². The van der Waals surface area contributed by atoms with Crippen molar-refractivity contribution in [2.75, 3.05) is 12.4 Å². The van der Waals surface area contributed by atoms with Crippen molar-refractivity contribution >= 4 is 22.5 Å². The summed E-state index contributed by atoms with van der Waals surface area (Å²) in [6.45, 7) is 6.40. The molecule has 2 N–H and O–H groups in total. The van der Waals surface area contributed by atoms with E-state index in [-0.39, 0.29) is 11.3 Å². The molecule has 0 aliphatic rings. The largest absolute Gasteiger partial charge is 0.497 e. The SMILES string of the molecule is COc1ccc2[nH]c(C(=O)Nc3ccccc3C(C)(C)C)cc2c1. The Bertz CT molecular complexity index is 888. The number of carbonyl (C=O) groups is 1. The molecule has 0 aliphatic heterocycles. The number of hydrogen-bond donors (Lipinski definition) is 2. The predicted molar refractivity (Wildman–Crippen MR) is 97.9 cm³/mol. The monoisotopic (exact) mass is 322 g/mol. The smallest absolute Gasteiger partial charge is 0.272 e. The maximum Gasteiger partial charge on any atom is 0.272 e. The molecule has 2 aromatic carbocycles. The Kier molecular flexibility index (Phi) is 4.06. The summed E-state index contributed by atoms with van der Waals surface area (Å²) in [4.78, 5) is 15.8. The van der Waals surface area contributed by atoms with E-state index < -0.39 is 0 Å². The van der Waals surface area contributed by atoms with Gasteiger partial charge in [0.15, 0.2) is 0 Å². The summed E-state index contributed by atoms with van der Waals surface area (Å²) in [7, 11) is 1.63. The van der Waals surface area contributed by atoms with Gasteiger partial charge >= 0.3 is 0 Å². The number of ether oxygens (including phenoxy) is 1. The van der Waals surface area contributed by atoms with Crippen molar-refractivity contribution in [2.45, 2.75) is 26.2 Å². The topological polar surface area (TPSA) is 54.1 Å². The number of methoxy groups -OCH3 is 1. The fraction of sp³-hybridized carbons (Fsp3) is 0.250. The van der Waals surface area contributed by atoms with Crippen LogP contribution in [0.3, 0.4) is 0 Å². The summed E-state index contributed by atoms with van der Waals surface area (Å²) in [6.07, 6.45) is 0. The van der Waals surface area contributed by atoms with Gasteiger partial charge in [-0.3, -0.25) is 4.79 Å². The third-order valence-corrected chi connectivity index (χ3v) is 4.06. The van der Waals surface area contributed by atoms with E-state index in [1.807, 2.05) is 48.5 Å². The molecule has 4 nitrogen and oxygen atoms in total. The lowest BCUT2D eigenvalue weighted by Gasteiger charge is -2.22. The lowest BCUT2D eigenvalue weighted by atomic mass is 9.86. The molecule has 1 heterocycles. The van der Waals surface area contributed by atoms with E-state index in [1.165, 1.54) is 0 Å². The van der Waals surface area contributed by atoms with Gasteiger partial charge in [-0.25, -0.2) is 0 Å². The van der Waals surface area contributed by atoms with Crippen molar-refractivity contribution in [3.05, 3.63) is 59.8 Å². The minimum absolute atomic E-state index is 0.0440. The number of rotatable bonds is 3. The minimum atomic E-state index is -0.151. The molecular weight excluding hydrogens is 300 g/mol. The molecule has 0 spiro atoms. The molecule has 0 fully saturated rings. The zero-order valence-corrected chi connectivity index (χ0v) is 14.4. The fourth-order valence-electron chi connectivity index (χ4n) is 2.80. The lowest BCUT2D eigenvalue weighted by Crippen LogP contribution is -2.18. The number of amides is 1. The molecule has 0 saturated heterocycles. The van der Waals surface area contributed by atoms with Crippen LogP contribution in [0.25, 0.3) is 10.9 Å². The molecule has 1 amide bonds. The first-order valence-corrected chi connectivity index (χ1v) is 7.96. The van der Waals surface area contributed by atoms with Crippen molar-refractivity contribution < 1.29 is 9.53 Å². The van der Waals surface area contributed by atoms with Gasteiger partial charge in [0.05, 0.1) is 7.11 Å². The van der Waals surface area contributed by atoms with Gasteiger partial charge in [-0.2, -0.15) is 0 Å². The van der Waals surface area contributed by atoms with Crippen LogP contribution in [0.15, 0.2) is 48.5 Å². The molecule has 0 saturated carbocycles. The number of benzene rings is 2. The van der Waals surface area contributed by atoms with Gasteiger partial charge in [-0.15, -0.1) is 0 Å². The molecule has 0 atom stereocenters. The van der Waals surface area contributed by atoms with E-state index in [2.05, 4.69) is 31.1 Å². The molecule has 0 unspecified atom stereocenters. The molecule has 24 heavy (non-hydrogen) atoms. The molecule has 1 aromatic heterocycles. The Morgan fingerprint density at radius 3 is 2.54 bits per heavy atom. The Balaban J connectivity index is 1.91. The maximum absolute atomic E-state index is 12.6. The Morgan fingerprint density at radius 2 is 1.83 bits per heavy atom. The number of fused-ring (bicyclic) bond motifs is 1. The highest BCUT2D eigenvalue weighted by Gasteiger charge is 2.19. The fourth-order valence-corrected chi connectivity index (χ4v) is 2.80. The Labute approximate surface area is 141 Å². The average molecular weight is 322 g/mol. The number of aromatic amines is 1. The lowest BCUT2D eigenvalue weighted by molar-refractivity contribution is 0.102. The summed E-state index contributed by atoms with van der Waals surface area (Å²) in [5, 5.41) is 3.97. The molecule has 124 valence electrons. The third kappa shape index (κ3) is 3.13. The summed E-state index contributed by atoms with van der Waals surface area (Å²) in [5.74, 6) is 0.619. The van der Waals surface area contributed by atoms with Gasteiger partial charge < -0.3 is 15.0 Å². The molecule has 0 radical (unpaired) electrons. The molecule has 0 bridgehead atoms. The second-order valence-electron chi connectivity index (χ2n) is 6.89. The molecule has 3 rings (SSSR count). The molecular formula is C20H22N2O2. The van der Waals surface area contributed by atoms with E-state index in [0.29, 0.717) is 5.69 Å². The van der Waals surface area contributed by atoms with Crippen molar-refractivity contribution in [2.24, 2.45) is 0 Å². The zero-order chi connectivity index (χ0) is 17.3. The van der Waals surface area contributed by atoms with Gasteiger partial charge in [-0.05, 0) is 41.3 Å². The summed E-state index contributed by atoms with van der Waals surface area (Å²) in [6, 6.07) is 15.4. The predicted octanol–water partition coefficient (Wildman–Crippen LogP) is 4.73. The highest BCUT2D eigenvalue weighted by Crippen LogP contribution is 2.30. The van der Waals surface area contributed by atoms with Crippen molar-refractivity contribution in [1.29, 1.82) is 0 Å². The van der Waals surface area contributed by atoms with Crippen LogP contribution in [-0.4, -0.2) is 18.0 Å². The van der Waals surface area contributed by atoms with Crippen LogP contribution in [-0.2, 0) is 5.41 Å². The van der Waals surface area contributed by atoms with Crippen molar-refractivity contribution in [1.82, 2.24) is 4.98 Å². The summed E-state index contributed by atoms with van der Waals surface area (Å²) < 4.78 is 5.23. The number of para-hydroxylation sites is 1. The van der Waals surface area contributed by atoms with Gasteiger partial charge in [0.1, 0.15) is 11.4 Å². The zero-order valence-electron chi connectivity index (χ0n) is 14.4. The van der Waals surface area contributed by atoms with E-state index in [9.17, 15) is 4.79 Å². The minimum Gasteiger partial charge on any atom is -0.497 e. The van der Waals surface area contributed by atoms with Crippen LogP contribution in [0.1, 0.15) is 36.8 Å². The second kappa shape index (κ2) is 6.04. The number of aromatic nitrogens is 1. The Morgan fingerprint density at radius 1 is 1.08 bits per heavy atom. The summed E-state index contributed by atoms with van der Waals surface area (Å²) in [5.41, 5.74) is 3.34. The number of H-pyrrole nitrogens is 1. The average Bonchev–Trinajstić information content (AvgIpc) is 2.97. The third-order valence-electron chi connectivity index (χ3n) is 4.06. The highest BCUT2D eigenvalue weighted by molar-refractivity contribution is 6.06. The molecule has 4 heteroatoms. The van der Waals surface area contributed by atoms with Crippen LogP contribution in [0, 0.1) is 0 Å². The normalized spacial score (nSPS) is 11.5. The second-order valence-corrected chi connectivity index (χ2v) is 6.89. The first-order valence-electron chi connectivity index (χ1n) is 7.96. The van der Waals surface area contributed by atoms with Crippen molar-refractivity contribution in [3.8, 4) is 5.75 Å². The quantitative estimate of drug-likeness (QED) is 0.732. The van der Waals surface area contributed by atoms with E-state index >= 15 is 0 Å². The molecule has 3 aromatic rings. The van der Waals surface area contributed by atoms with Crippen LogP contribution >= 0.6 is 0 Å². The summed E-state index contributed by atoms with van der Waals surface area (Å²) >= 11 is 0. The van der Waals surface area contributed by atoms with E-state index in [4.69, 9.17) is 4.74 Å². The maximum atomic E-state index is 12.6. The highest BCUT2D eigenvalue weighted by atomic mass is 16.5. The number of carbonyl (C=O) groups excluding carboxylic acids is 1. The van der Waals surface area contributed by atoms with Crippen LogP contribution in [0.5, 0.6) is 5.75 Å². The van der Waals surface area contributed by atoms with E-state index in [1.54, 1.807) is 7.11 Å². The van der Waals surface area contributed by atoms with Crippen molar-refractivity contribution in [3.63, 3.8) is 0 Å². The number of hydrogen-bond acceptors (Lipinski definition) is 2. The van der Waals surface area contributed by atoms with Gasteiger partial charge in [0, 0.05) is 16.6 Å². The number of anilines is 1.